The molecule has 0 aliphatic rings. The van der Waals surface area contributed by atoms with Crippen LogP contribution in [0, 0.1) is 5.92 Å². The van der Waals surface area contributed by atoms with Gasteiger partial charge in [-0.2, -0.15) is 0 Å². The number of hydrogen-bond donors (Lipinski definition) is 1. The Morgan fingerprint density at radius 3 is 2.71 bits per heavy atom. The molecule has 5 nitrogen and oxygen atoms in total. The summed E-state index contributed by atoms with van der Waals surface area (Å²) in [5, 5.41) is 0. The van der Waals surface area contributed by atoms with E-state index in [1.54, 1.807) is 24.7 Å². The standard InChI is InChI=1S/C15H19N3O2S/c1-12(2)11-21(19,20)18-9-13-5-7-17-15(8-13)14-4-3-6-16-10-14/h3-8,10,12,18H,9,11H2,1-2H3. The summed E-state index contributed by atoms with van der Waals surface area (Å²) in [4.78, 5) is 8.34. The molecule has 0 aliphatic heterocycles. The van der Waals surface area contributed by atoms with Crippen molar-refractivity contribution in [1.29, 1.82) is 0 Å². The van der Waals surface area contributed by atoms with E-state index in [4.69, 9.17) is 0 Å². The van der Waals surface area contributed by atoms with Crippen molar-refractivity contribution >= 4 is 10.0 Å². The maximum absolute atomic E-state index is 11.8. The molecule has 0 unspecified atom stereocenters. The number of nitrogens with one attached hydrogen (secondary N) is 1. The fourth-order valence-electron chi connectivity index (χ4n) is 1.95. The molecule has 0 saturated heterocycles. The molecule has 0 atom stereocenters. The lowest BCUT2D eigenvalue weighted by Gasteiger charge is -2.09. The summed E-state index contributed by atoms with van der Waals surface area (Å²) in [5.41, 5.74) is 2.56. The first-order valence-electron chi connectivity index (χ1n) is 6.79. The molecule has 2 aromatic rings. The summed E-state index contributed by atoms with van der Waals surface area (Å²) >= 11 is 0. The Kier molecular flexibility index (Phi) is 5.03. The average Bonchev–Trinajstić information content (AvgIpc) is 2.45. The highest BCUT2D eigenvalue weighted by atomic mass is 32.2. The Hall–Kier alpha value is -1.79. The predicted octanol–water partition coefficient (Wildman–Crippen LogP) is 2.22. The van der Waals surface area contributed by atoms with E-state index in [9.17, 15) is 8.42 Å². The highest BCUT2D eigenvalue weighted by molar-refractivity contribution is 7.89. The molecule has 2 heterocycles. The third-order valence-corrected chi connectivity index (χ3v) is 4.52. The Balaban J connectivity index is 2.09. The topological polar surface area (TPSA) is 72.0 Å². The van der Waals surface area contributed by atoms with E-state index in [1.807, 2.05) is 32.0 Å². The molecule has 0 aromatic carbocycles. The van der Waals surface area contributed by atoms with Crippen LogP contribution in [-0.4, -0.2) is 24.1 Å². The van der Waals surface area contributed by atoms with Gasteiger partial charge in [0.05, 0.1) is 11.4 Å². The second-order valence-corrected chi connectivity index (χ2v) is 7.14. The van der Waals surface area contributed by atoms with E-state index < -0.39 is 10.0 Å². The first-order chi connectivity index (χ1) is 9.96. The SMILES string of the molecule is CC(C)CS(=O)(=O)NCc1ccnc(-c2cccnc2)c1. The number of pyridine rings is 2. The lowest BCUT2D eigenvalue weighted by atomic mass is 10.1. The fraction of sp³-hybridized carbons (Fsp3) is 0.333. The molecule has 2 rings (SSSR count). The molecule has 112 valence electrons. The zero-order valence-corrected chi connectivity index (χ0v) is 13.0. The molecule has 0 spiro atoms. The first-order valence-corrected chi connectivity index (χ1v) is 8.44. The van der Waals surface area contributed by atoms with Gasteiger partial charge in [-0.1, -0.05) is 13.8 Å². The van der Waals surface area contributed by atoms with Gasteiger partial charge in [0, 0.05) is 30.7 Å². The van der Waals surface area contributed by atoms with Crippen molar-refractivity contribution < 1.29 is 8.42 Å². The smallest absolute Gasteiger partial charge is 0.212 e. The van der Waals surface area contributed by atoms with Crippen LogP contribution in [0.25, 0.3) is 11.3 Å². The summed E-state index contributed by atoms with van der Waals surface area (Å²) in [6.45, 7) is 4.03. The van der Waals surface area contributed by atoms with Crippen LogP contribution in [0.15, 0.2) is 42.9 Å². The van der Waals surface area contributed by atoms with Crippen molar-refractivity contribution in [2.45, 2.75) is 20.4 Å². The summed E-state index contributed by atoms with van der Waals surface area (Å²) in [6, 6.07) is 7.43. The molecule has 2 aromatic heterocycles. The Morgan fingerprint density at radius 2 is 2.05 bits per heavy atom. The van der Waals surface area contributed by atoms with Gasteiger partial charge in [-0.25, -0.2) is 13.1 Å². The van der Waals surface area contributed by atoms with Gasteiger partial charge in [-0.15, -0.1) is 0 Å². The summed E-state index contributed by atoms with van der Waals surface area (Å²) in [6.07, 6.45) is 5.11. The third-order valence-electron chi connectivity index (χ3n) is 2.83. The third kappa shape index (κ3) is 4.91. The largest absolute Gasteiger partial charge is 0.264 e. The fourth-order valence-corrected chi connectivity index (χ4v) is 3.33. The Morgan fingerprint density at radius 1 is 1.24 bits per heavy atom. The van der Waals surface area contributed by atoms with Crippen molar-refractivity contribution in [1.82, 2.24) is 14.7 Å². The molecule has 0 aliphatic carbocycles. The number of hydrogen-bond acceptors (Lipinski definition) is 4. The van der Waals surface area contributed by atoms with Crippen LogP contribution < -0.4 is 4.72 Å². The Bertz CT molecular complexity index is 685. The molecule has 0 bridgehead atoms. The van der Waals surface area contributed by atoms with Crippen molar-refractivity contribution in [2.75, 3.05) is 5.75 Å². The van der Waals surface area contributed by atoms with Crippen LogP contribution in [0.3, 0.4) is 0 Å². The van der Waals surface area contributed by atoms with Gasteiger partial charge in [-0.3, -0.25) is 9.97 Å². The van der Waals surface area contributed by atoms with Gasteiger partial charge in [0.25, 0.3) is 0 Å². The molecule has 21 heavy (non-hydrogen) atoms. The van der Waals surface area contributed by atoms with Crippen molar-refractivity contribution in [2.24, 2.45) is 5.92 Å². The van der Waals surface area contributed by atoms with Gasteiger partial charge in [-0.05, 0) is 35.7 Å². The minimum Gasteiger partial charge on any atom is -0.264 e. The van der Waals surface area contributed by atoms with Gasteiger partial charge in [0.1, 0.15) is 0 Å². The van der Waals surface area contributed by atoms with Crippen LogP contribution in [0.1, 0.15) is 19.4 Å². The molecule has 6 heteroatoms. The number of rotatable bonds is 6. The van der Waals surface area contributed by atoms with Crippen LogP contribution >= 0.6 is 0 Å². The van der Waals surface area contributed by atoms with Crippen LogP contribution in [0.2, 0.25) is 0 Å². The van der Waals surface area contributed by atoms with E-state index in [0.717, 1.165) is 16.8 Å². The molecule has 0 radical (unpaired) electrons. The van der Waals surface area contributed by atoms with E-state index in [-0.39, 0.29) is 18.2 Å². The molecular formula is C15H19N3O2S. The van der Waals surface area contributed by atoms with Crippen molar-refractivity contribution in [3.63, 3.8) is 0 Å². The van der Waals surface area contributed by atoms with Crippen LogP contribution in [0.5, 0.6) is 0 Å². The maximum Gasteiger partial charge on any atom is 0.212 e. The monoisotopic (exact) mass is 305 g/mol. The zero-order chi connectivity index (χ0) is 15.3. The molecule has 0 saturated carbocycles. The molecular weight excluding hydrogens is 286 g/mol. The zero-order valence-electron chi connectivity index (χ0n) is 12.2. The summed E-state index contributed by atoms with van der Waals surface area (Å²) in [7, 11) is -3.24. The first kappa shape index (κ1) is 15.6. The second-order valence-electron chi connectivity index (χ2n) is 5.29. The number of sulfonamides is 1. The Labute approximate surface area is 125 Å². The van der Waals surface area contributed by atoms with Crippen LogP contribution in [0.4, 0.5) is 0 Å². The van der Waals surface area contributed by atoms with E-state index in [0.29, 0.717) is 0 Å². The summed E-state index contributed by atoms with van der Waals surface area (Å²) in [5.74, 6) is 0.235. The second kappa shape index (κ2) is 6.78. The minimum absolute atomic E-state index is 0.103. The molecule has 1 N–H and O–H groups in total. The predicted molar refractivity (Wildman–Crippen MR) is 82.9 cm³/mol. The van der Waals surface area contributed by atoms with Crippen molar-refractivity contribution in [3.05, 3.63) is 48.4 Å². The lowest BCUT2D eigenvalue weighted by Crippen LogP contribution is -2.28. The molecule has 0 fully saturated rings. The van der Waals surface area contributed by atoms with Crippen LogP contribution in [-0.2, 0) is 16.6 Å². The lowest BCUT2D eigenvalue weighted by molar-refractivity contribution is 0.568. The van der Waals surface area contributed by atoms with E-state index in [2.05, 4.69) is 14.7 Å². The number of nitrogens with zero attached hydrogens (tertiary/aromatic N) is 2. The molecule has 0 amide bonds. The van der Waals surface area contributed by atoms with E-state index in [1.165, 1.54) is 0 Å². The normalized spacial score (nSPS) is 11.8. The average molecular weight is 305 g/mol. The summed E-state index contributed by atoms with van der Waals surface area (Å²) < 4.78 is 26.3. The highest BCUT2D eigenvalue weighted by Gasteiger charge is 2.12. The maximum atomic E-state index is 11.8. The minimum atomic E-state index is -3.24. The van der Waals surface area contributed by atoms with Gasteiger partial charge in [0.2, 0.25) is 10.0 Å². The van der Waals surface area contributed by atoms with Gasteiger partial charge >= 0.3 is 0 Å². The van der Waals surface area contributed by atoms with Gasteiger partial charge < -0.3 is 0 Å². The highest BCUT2D eigenvalue weighted by Crippen LogP contribution is 2.16. The van der Waals surface area contributed by atoms with E-state index >= 15 is 0 Å². The van der Waals surface area contributed by atoms with Gasteiger partial charge in [0.15, 0.2) is 0 Å². The van der Waals surface area contributed by atoms with Crippen molar-refractivity contribution in [3.8, 4) is 11.3 Å². The number of aromatic nitrogens is 2. The quantitative estimate of drug-likeness (QED) is 0.888.